The largest absolute Gasteiger partial charge is 0.497 e. The van der Waals surface area contributed by atoms with Crippen LogP contribution in [0.15, 0.2) is 51.4 Å². The molecule has 0 saturated carbocycles. The van der Waals surface area contributed by atoms with Gasteiger partial charge in [0.2, 0.25) is 0 Å². The monoisotopic (exact) mass is 389 g/mol. The summed E-state index contributed by atoms with van der Waals surface area (Å²) in [5.74, 6) is 1.36. The van der Waals surface area contributed by atoms with Gasteiger partial charge in [-0.3, -0.25) is 4.79 Å². The van der Waals surface area contributed by atoms with Crippen LogP contribution < -0.4 is 14.8 Å². The summed E-state index contributed by atoms with van der Waals surface area (Å²) < 4.78 is 17.0. The Morgan fingerprint density at radius 1 is 1.17 bits per heavy atom. The summed E-state index contributed by atoms with van der Waals surface area (Å²) in [4.78, 5) is 12.4. The summed E-state index contributed by atoms with van der Waals surface area (Å²) in [6, 6.07) is 12.8. The fraction of sp³-hybridized carbons (Fsp3) is 0.167. The van der Waals surface area contributed by atoms with Gasteiger partial charge in [0, 0.05) is 17.5 Å². The zero-order valence-electron chi connectivity index (χ0n) is 13.3. The third-order valence-electron chi connectivity index (χ3n) is 3.65. The number of benzene rings is 2. The molecule has 0 atom stereocenters. The van der Waals surface area contributed by atoms with Crippen LogP contribution in [0.25, 0.3) is 11.0 Å². The fourth-order valence-electron chi connectivity index (χ4n) is 2.42. The van der Waals surface area contributed by atoms with Gasteiger partial charge in [-0.1, -0.05) is 12.1 Å². The van der Waals surface area contributed by atoms with Gasteiger partial charge in [-0.05, 0) is 46.3 Å². The molecule has 5 nitrogen and oxygen atoms in total. The van der Waals surface area contributed by atoms with Crippen molar-refractivity contribution in [3.05, 3.63) is 58.3 Å². The van der Waals surface area contributed by atoms with Crippen molar-refractivity contribution in [2.45, 2.75) is 6.54 Å². The number of methoxy groups -OCH3 is 2. The lowest BCUT2D eigenvalue weighted by Gasteiger charge is -2.10. The van der Waals surface area contributed by atoms with E-state index in [1.54, 1.807) is 32.4 Å². The molecule has 3 rings (SSSR count). The van der Waals surface area contributed by atoms with Gasteiger partial charge in [0.05, 0.1) is 18.7 Å². The lowest BCUT2D eigenvalue weighted by molar-refractivity contribution is 0.0925. The van der Waals surface area contributed by atoms with Crippen molar-refractivity contribution in [2.75, 3.05) is 14.2 Å². The minimum Gasteiger partial charge on any atom is -0.497 e. The number of amides is 1. The molecule has 0 bridgehead atoms. The molecule has 1 amide bonds. The van der Waals surface area contributed by atoms with Crippen molar-refractivity contribution in [3.8, 4) is 11.5 Å². The standard InChI is InChI=1S/C18H16BrNO4/c1-22-13-6-7-15(23-2)12(8-13)10-20-18(21)16-9-11-4-3-5-14(19)17(11)24-16/h3-9H,10H2,1-2H3,(H,20,21). The molecule has 2 aromatic carbocycles. The predicted molar refractivity (Wildman–Crippen MR) is 94.6 cm³/mol. The first-order valence-corrected chi connectivity index (χ1v) is 8.09. The van der Waals surface area contributed by atoms with Crippen LogP contribution in [-0.4, -0.2) is 20.1 Å². The number of carbonyl (C=O) groups excluding carboxylic acids is 1. The maximum Gasteiger partial charge on any atom is 0.287 e. The number of hydrogen-bond acceptors (Lipinski definition) is 4. The van der Waals surface area contributed by atoms with Crippen molar-refractivity contribution in [1.29, 1.82) is 0 Å². The number of fused-ring (bicyclic) bond motifs is 1. The van der Waals surface area contributed by atoms with Crippen LogP contribution in [0.1, 0.15) is 16.1 Å². The smallest absolute Gasteiger partial charge is 0.287 e. The lowest BCUT2D eigenvalue weighted by atomic mass is 10.2. The lowest BCUT2D eigenvalue weighted by Crippen LogP contribution is -2.22. The number of carbonyl (C=O) groups is 1. The number of halogens is 1. The van der Waals surface area contributed by atoms with Crippen LogP contribution in [0, 0.1) is 0 Å². The van der Waals surface area contributed by atoms with E-state index < -0.39 is 0 Å². The van der Waals surface area contributed by atoms with Crippen LogP contribution in [0.2, 0.25) is 0 Å². The molecule has 0 radical (unpaired) electrons. The molecular formula is C18H16BrNO4. The SMILES string of the molecule is COc1ccc(OC)c(CNC(=O)c2cc3cccc(Br)c3o2)c1. The molecule has 6 heteroatoms. The Hall–Kier alpha value is -2.47. The topological polar surface area (TPSA) is 60.7 Å². The summed E-state index contributed by atoms with van der Waals surface area (Å²) in [6.45, 7) is 0.303. The second kappa shape index (κ2) is 6.97. The van der Waals surface area contributed by atoms with Gasteiger partial charge >= 0.3 is 0 Å². The van der Waals surface area contributed by atoms with Crippen LogP contribution in [-0.2, 0) is 6.54 Å². The molecule has 3 aromatic rings. The molecule has 0 aliphatic rings. The molecule has 1 heterocycles. The average molecular weight is 390 g/mol. The minimum atomic E-state index is -0.289. The Kier molecular flexibility index (Phi) is 4.76. The van der Waals surface area contributed by atoms with Crippen molar-refractivity contribution < 1.29 is 18.7 Å². The Labute approximate surface area is 147 Å². The van der Waals surface area contributed by atoms with Gasteiger partial charge in [-0.25, -0.2) is 0 Å². The van der Waals surface area contributed by atoms with E-state index in [0.717, 1.165) is 15.4 Å². The van der Waals surface area contributed by atoms with E-state index in [9.17, 15) is 4.79 Å². The molecule has 0 saturated heterocycles. The van der Waals surface area contributed by atoms with E-state index in [1.807, 2.05) is 24.3 Å². The maximum absolute atomic E-state index is 12.4. The van der Waals surface area contributed by atoms with Crippen LogP contribution in [0.4, 0.5) is 0 Å². The molecule has 124 valence electrons. The van der Waals surface area contributed by atoms with E-state index in [1.165, 1.54) is 0 Å². The van der Waals surface area contributed by atoms with E-state index in [2.05, 4.69) is 21.2 Å². The number of ether oxygens (including phenoxy) is 2. The second-order valence-electron chi connectivity index (χ2n) is 5.13. The normalized spacial score (nSPS) is 10.6. The Morgan fingerprint density at radius 2 is 2.00 bits per heavy atom. The molecule has 0 unspecified atom stereocenters. The van der Waals surface area contributed by atoms with Gasteiger partial charge in [-0.15, -0.1) is 0 Å². The third-order valence-corrected chi connectivity index (χ3v) is 4.27. The highest BCUT2D eigenvalue weighted by atomic mass is 79.9. The molecule has 24 heavy (non-hydrogen) atoms. The van der Waals surface area contributed by atoms with Crippen LogP contribution >= 0.6 is 15.9 Å². The van der Waals surface area contributed by atoms with Crippen molar-refractivity contribution in [2.24, 2.45) is 0 Å². The molecular weight excluding hydrogens is 374 g/mol. The molecule has 1 aromatic heterocycles. The average Bonchev–Trinajstić information content (AvgIpc) is 3.05. The number of nitrogens with one attached hydrogen (secondary N) is 1. The van der Waals surface area contributed by atoms with E-state index in [0.29, 0.717) is 23.6 Å². The van der Waals surface area contributed by atoms with E-state index in [4.69, 9.17) is 13.9 Å². The first-order valence-electron chi connectivity index (χ1n) is 7.29. The summed E-state index contributed by atoms with van der Waals surface area (Å²) in [5, 5.41) is 3.71. The molecule has 0 spiro atoms. The Balaban J connectivity index is 1.78. The summed E-state index contributed by atoms with van der Waals surface area (Å²) >= 11 is 3.41. The molecule has 0 fully saturated rings. The van der Waals surface area contributed by atoms with Crippen molar-refractivity contribution in [1.82, 2.24) is 5.32 Å². The first kappa shape index (κ1) is 16.4. The first-order chi connectivity index (χ1) is 11.6. The molecule has 0 aliphatic carbocycles. The summed E-state index contributed by atoms with van der Waals surface area (Å²) in [5.41, 5.74) is 1.48. The maximum atomic E-state index is 12.4. The number of rotatable bonds is 5. The second-order valence-corrected chi connectivity index (χ2v) is 5.98. The van der Waals surface area contributed by atoms with E-state index >= 15 is 0 Å². The zero-order chi connectivity index (χ0) is 17.1. The van der Waals surface area contributed by atoms with E-state index in [-0.39, 0.29) is 11.7 Å². The quantitative estimate of drug-likeness (QED) is 0.711. The fourth-order valence-corrected chi connectivity index (χ4v) is 2.88. The third kappa shape index (κ3) is 3.23. The highest BCUT2D eigenvalue weighted by Gasteiger charge is 2.14. The van der Waals surface area contributed by atoms with Crippen LogP contribution in [0.3, 0.4) is 0 Å². The molecule has 1 N–H and O–H groups in total. The highest BCUT2D eigenvalue weighted by molar-refractivity contribution is 9.10. The van der Waals surface area contributed by atoms with Gasteiger partial charge in [0.25, 0.3) is 5.91 Å². The van der Waals surface area contributed by atoms with Gasteiger partial charge in [0.15, 0.2) is 5.76 Å². The van der Waals surface area contributed by atoms with Crippen molar-refractivity contribution >= 4 is 32.8 Å². The zero-order valence-corrected chi connectivity index (χ0v) is 14.8. The van der Waals surface area contributed by atoms with Gasteiger partial charge in [-0.2, -0.15) is 0 Å². The Morgan fingerprint density at radius 3 is 2.71 bits per heavy atom. The van der Waals surface area contributed by atoms with Crippen LogP contribution in [0.5, 0.6) is 11.5 Å². The Bertz CT molecular complexity index is 888. The van der Waals surface area contributed by atoms with Gasteiger partial charge < -0.3 is 19.2 Å². The number of para-hydroxylation sites is 1. The number of furan rings is 1. The van der Waals surface area contributed by atoms with Crippen molar-refractivity contribution in [3.63, 3.8) is 0 Å². The van der Waals surface area contributed by atoms with Gasteiger partial charge in [0.1, 0.15) is 17.1 Å². The summed E-state index contributed by atoms with van der Waals surface area (Å²) in [7, 11) is 3.18. The number of hydrogen-bond donors (Lipinski definition) is 1. The minimum absolute atomic E-state index is 0.263. The summed E-state index contributed by atoms with van der Waals surface area (Å²) in [6.07, 6.45) is 0. The molecule has 0 aliphatic heterocycles. The highest BCUT2D eigenvalue weighted by Crippen LogP contribution is 2.27. The predicted octanol–water partition coefficient (Wildman–Crippen LogP) is 4.14.